The second kappa shape index (κ2) is 5.53. The summed E-state index contributed by atoms with van der Waals surface area (Å²) in [6.45, 7) is 5.93. The van der Waals surface area contributed by atoms with Crippen LogP contribution >= 0.6 is 0 Å². The number of nitrogens with one attached hydrogen (secondary N) is 2. The van der Waals surface area contributed by atoms with Gasteiger partial charge in [0.25, 0.3) is 0 Å². The van der Waals surface area contributed by atoms with E-state index in [1.807, 2.05) is 24.3 Å². The Morgan fingerprint density at radius 2 is 2.05 bits per heavy atom. The van der Waals surface area contributed by atoms with E-state index in [1.165, 1.54) is 0 Å². The number of fused-ring (bicyclic) bond motifs is 1. The average Bonchev–Trinajstić information content (AvgIpc) is 2.48. The van der Waals surface area contributed by atoms with Gasteiger partial charge in [0.1, 0.15) is 11.6 Å². The number of ether oxygens (including phenoxy) is 1. The molecule has 108 valence electrons. The fourth-order valence-corrected chi connectivity index (χ4v) is 2.18. The third-order valence-corrected chi connectivity index (χ3v) is 2.98. The van der Waals surface area contributed by atoms with E-state index in [-0.39, 0.29) is 5.91 Å². The molecule has 0 aliphatic carbocycles. The summed E-state index contributed by atoms with van der Waals surface area (Å²) >= 11 is 0. The summed E-state index contributed by atoms with van der Waals surface area (Å²) in [5.41, 5.74) is 1.30. The van der Waals surface area contributed by atoms with E-state index in [9.17, 15) is 9.59 Å². The first-order valence-electron chi connectivity index (χ1n) is 6.72. The van der Waals surface area contributed by atoms with Crippen LogP contribution in [-0.4, -0.2) is 24.1 Å². The fraction of sp³-hybridized carbons (Fsp3) is 0.467. The molecule has 2 amide bonds. The summed E-state index contributed by atoms with van der Waals surface area (Å²) in [5.74, 6) is -0.208. The van der Waals surface area contributed by atoms with Gasteiger partial charge in [-0.3, -0.25) is 4.79 Å². The molecule has 20 heavy (non-hydrogen) atoms. The molecule has 5 heteroatoms. The molecule has 0 spiro atoms. The van der Waals surface area contributed by atoms with Gasteiger partial charge in [-0.05, 0) is 38.3 Å². The third-order valence-electron chi connectivity index (χ3n) is 2.98. The first kappa shape index (κ1) is 14.4. The molecule has 1 atom stereocenters. The summed E-state index contributed by atoms with van der Waals surface area (Å²) in [6, 6.07) is 6.92. The minimum absolute atomic E-state index is 0.208. The smallest absolute Gasteiger partial charge is 0.408 e. The van der Waals surface area contributed by atoms with Crippen LogP contribution in [0.1, 0.15) is 37.9 Å². The number of amides is 2. The maximum Gasteiger partial charge on any atom is 0.408 e. The van der Waals surface area contributed by atoms with Crippen LogP contribution in [0.5, 0.6) is 0 Å². The monoisotopic (exact) mass is 276 g/mol. The molecule has 0 fully saturated rings. The van der Waals surface area contributed by atoms with E-state index in [1.54, 1.807) is 20.8 Å². The van der Waals surface area contributed by atoms with Crippen molar-refractivity contribution in [2.45, 2.75) is 38.8 Å². The highest BCUT2D eigenvalue weighted by Crippen LogP contribution is 2.22. The quantitative estimate of drug-likeness (QED) is 0.823. The number of alkyl carbamates (subject to hydrolysis) is 1. The normalized spacial score (nSPS) is 18.6. The van der Waals surface area contributed by atoms with Gasteiger partial charge in [-0.15, -0.1) is 0 Å². The van der Waals surface area contributed by atoms with E-state index in [0.29, 0.717) is 6.54 Å². The summed E-state index contributed by atoms with van der Waals surface area (Å²) in [6.07, 6.45) is 0.170. The van der Waals surface area contributed by atoms with Crippen LogP contribution in [-0.2, 0) is 16.0 Å². The SMILES string of the molecule is CC(C)(C)OC(=O)N[C@@H]1C(=O)NCCc2ccccc21. The average molecular weight is 276 g/mol. The molecule has 2 rings (SSSR count). The predicted molar refractivity (Wildman–Crippen MR) is 75.3 cm³/mol. The Morgan fingerprint density at radius 1 is 1.35 bits per heavy atom. The molecule has 0 aromatic heterocycles. The van der Waals surface area contributed by atoms with Gasteiger partial charge in [0.2, 0.25) is 5.91 Å². The Labute approximate surface area is 118 Å². The molecule has 0 unspecified atom stereocenters. The van der Waals surface area contributed by atoms with Gasteiger partial charge >= 0.3 is 6.09 Å². The lowest BCUT2D eigenvalue weighted by atomic mass is 9.99. The van der Waals surface area contributed by atoms with E-state index in [4.69, 9.17) is 4.74 Å². The lowest BCUT2D eigenvalue weighted by molar-refractivity contribution is -0.123. The van der Waals surface area contributed by atoms with Gasteiger partial charge < -0.3 is 15.4 Å². The van der Waals surface area contributed by atoms with Crippen LogP contribution in [0.15, 0.2) is 24.3 Å². The second-order valence-electron chi connectivity index (χ2n) is 5.82. The first-order valence-corrected chi connectivity index (χ1v) is 6.72. The fourth-order valence-electron chi connectivity index (χ4n) is 2.18. The first-order chi connectivity index (χ1) is 9.37. The van der Waals surface area contributed by atoms with Crippen molar-refractivity contribution in [3.05, 3.63) is 35.4 Å². The van der Waals surface area contributed by atoms with Gasteiger partial charge in [0.15, 0.2) is 0 Å². The lowest BCUT2D eigenvalue weighted by Gasteiger charge is -2.23. The number of hydrogen-bond acceptors (Lipinski definition) is 3. The standard InChI is InChI=1S/C15H20N2O3/c1-15(2,3)20-14(19)17-12-11-7-5-4-6-10(11)8-9-16-13(12)18/h4-7,12H,8-9H2,1-3H3,(H,16,18)(H,17,19)/t12-/m0/s1. The van der Waals surface area contributed by atoms with E-state index >= 15 is 0 Å². The minimum Gasteiger partial charge on any atom is -0.444 e. The van der Waals surface area contributed by atoms with Crippen molar-refractivity contribution in [3.63, 3.8) is 0 Å². The summed E-state index contributed by atoms with van der Waals surface area (Å²) in [4.78, 5) is 24.0. The van der Waals surface area contributed by atoms with E-state index in [2.05, 4.69) is 10.6 Å². The van der Waals surface area contributed by atoms with Crippen LogP contribution < -0.4 is 10.6 Å². The van der Waals surface area contributed by atoms with Crippen LogP contribution in [0.25, 0.3) is 0 Å². The van der Waals surface area contributed by atoms with E-state index in [0.717, 1.165) is 17.5 Å². The molecule has 0 radical (unpaired) electrons. The second-order valence-corrected chi connectivity index (χ2v) is 5.82. The molecular formula is C15H20N2O3. The van der Waals surface area contributed by atoms with Crippen LogP contribution in [0.3, 0.4) is 0 Å². The zero-order chi connectivity index (χ0) is 14.8. The zero-order valence-corrected chi connectivity index (χ0v) is 12.0. The molecule has 1 aromatic carbocycles. The van der Waals surface area contributed by atoms with Crippen molar-refractivity contribution in [3.8, 4) is 0 Å². The van der Waals surface area contributed by atoms with Gasteiger partial charge in [0, 0.05) is 6.54 Å². The Kier molecular flexibility index (Phi) is 3.97. The Balaban J connectivity index is 2.21. The van der Waals surface area contributed by atoms with Crippen LogP contribution in [0.4, 0.5) is 4.79 Å². The lowest BCUT2D eigenvalue weighted by Crippen LogP contribution is -2.41. The van der Waals surface area contributed by atoms with Crippen LogP contribution in [0.2, 0.25) is 0 Å². The van der Waals surface area contributed by atoms with Crippen molar-refractivity contribution >= 4 is 12.0 Å². The molecule has 0 bridgehead atoms. The van der Waals surface area contributed by atoms with Crippen molar-refractivity contribution < 1.29 is 14.3 Å². The molecule has 5 nitrogen and oxygen atoms in total. The van der Waals surface area contributed by atoms with Gasteiger partial charge in [-0.25, -0.2) is 4.79 Å². The minimum atomic E-state index is -0.705. The number of benzene rings is 1. The molecule has 1 heterocycles. The maximum atomic E-state index is 12.1. The Hall–Kier alpha value is -2.04. The van der Waals surface area contributed by atoms with Gasteiger partial charge in [0.05, 0.1) is 0 Å². The molecule has 0 saturated carbocycles. The highest BCUT2D eigenvalue weighted by Gasteiger charge is 2.28. The number of rotatable bonds is 1. The predicted octanol–water partition coefficient (Wildman–Crippen LogP) is 1.92. The molecular weight excluding hydrogens is 256 g/mol. The summed E-state index contributed by atoms with van der Waals surface area (Å²) in [7, 11) is 0. The molecule has 1 aliphatic heterocycles. The van der Waals surface area contributed by atoms with Crippen molar-refractivity contribution in [1.29, 1.82) is 0 Å². The molecule has 0 saturated heterocycles. The highest BCUT2D eigenvalue weighted by molar-refractivity contribution is 5.87. The Bertz CT molecular complexity index is 520. The highest BCUT2D eigenvalue weighted by atomic mass is 16.6. The molecule has 2 N–H and O–H groups in total. The molecule has 1 aromatic rings. The third kappa shape index (κ3) is 3.50. The maximum absolute atomic E-state index is 12.1. The van der Waals surface area contributed by atoms with Gasteiger partial charge in [-0.2, -0.15) is 0 Å². The van der Waals surface area contributed by atoms with Crippen molar-refractivity contribution in [2.75, 3.05) is 6.54 Å². The number of carbonyl (C=O) groups excluding carboxylic acids is 2. The zero-order valence-electron chi connectivity index (χ0n) is 12.0. The van der Waals surface area contributed by atoms with Crippen molar-refractivity contribution in [2.24, 2.45) is 0 Å². The topological polar surface area (TPSA) is 67.4 Å². The Morgan fingerprint density at radius 3 is 2.75 bits per heavy atom. The summed E-state index contributed by atoms with van der Waals surface area (Å²) < 4.78 is 5.21. The molecule has 1 aliphatic rings. The summed E-state index contributed by atoms with van der Waals surface area (Å²) in [5, 5.41) is 5.45. The number of carbonyl (C=O) groups is 2. The van der Waals surface area contributed by atoms with Gasteiger partial charge in [-0.1, -0.05) is 24.3 Å². The van der Waals surface area contributed by atoms with Crippen molar-refractivity contribution in [1.82, 2.24) is 10.6 Å². The largest absolute Gasteiger partial charge is 0.444 e. The van der Waals surface area contributed by atoms with E-state index < -0.39 is 17.7 Å². The van der Waals surface area contributed by atoms with Crippen LogP contribution in [0, 0.1) is 0 Å². The number of hydrogen-bond donors (Lipinski definition) is 2.